The highest BCUT2D eigenvalue weighted by atomic mass is 16.5. The first kappa shape index (κ1) is 14.4. The minimum Gasteiger partial charge on any atom is -0.493 e. The Kier molecular flexibility index (Phi) is 4.26. The molecule has 2 atom stereocenters. The lowest BCUT2D eigenvalue weighted by atomic mass is 9.85. The summed E-state index contributed by atoms with van der Waals surface area (Å²) in [5.41, 5.74) is 2.03. The largest absolute Gasteiger partial charge is 0.493 e. The second-order valence-corrected chi connectivity index (χ2v) is 4.81. The molecule has 0 amide bonds. The maximum absolute atomic E-state index is 11.6. The maximum Gasteiger partial charge on any atom is 0.161 e. The molecule has 0 radical (unpaired) electrons. The fourth-order valence-electron chi connectivity index (χ4n) is 2.61. The summed E-state index contributed by atoms with van der Waals surface area (Å²) in [5.74, 6) is 0.461. The molecule has 0 saturated heterocycles. The van der Waals surface area contributed by atoms with Crippen LogP contribution in [0.25, 0.3) is 0 Å². The number of Topliss-reactive ketones (excluding diaryl/α,β-unsaturated/α-hetero) is 1. The van der Waals surface area contributed by atoms with Gasteiger partial charge in [-0.05, 0) is 43.1 Å². The van der Waals surface area contributed by atoms with Crippen molar-refractivity contribution in [3.05, 3.63) is 23.3 Å². The lowest BCUT2D eigenvalue weighted by Crippen LogP contribution is -2.36. The van der Waals surface area contributed by atoms with Crippen molar-refractivity contribution in [3.8, 4) is 17.6 Å². The van der Waals surface area contributed by atoms with E-state index in [-0.39, 0.29) is 11.8 Å². The van der Waals surface area contributed by atoms with Crippen molar-refractivity contribution in [2.24, 2.45) is 5.92 Å². The van der Waals surface area contributed by atoms with Gasteiger partial charge in [0.25, 0.3) is 0 Å². The zero-order valence-electron chi connectivity index (χ0n) is 11.9. The Labute approximate surface area is 118 Å². The number of ketones is 1. The van der Waals surface area contributed by atoms with Gasteiger partial charge in [0.15, 0.2) is 11.5 Å². The number of hydrogen-bond acceptors (Lipinski definition) is 5. The van der Waals surface area contributed by atoms with Gasteiger partial charge in [-0.2, -0.15) is 5.26 Å². The van der Waals surface area contributed by atoms with Crippen LogP contribution in [0.1, 0.15) is 24.1 Å². The highest BCUT2D eigenvalue weighted by Gasteiger charge is 2.31. The molecule has 2 rings (SSSR count). The van der Waals surface area contributed by atoms with Crippen molar-refractivity contribution in [2.45, 2.75) is 19.4 Å². The molecule has 2 unspecified atom stereocenters. The molecule has 0 bridgehead atoms. The van der Waals surface area contributed by atoms with Crippen LogP contribution in [0.3, 0.4) is 0 Å². The third kappa shape index (κ3) is 2.47. The van der Waals surface area contributed by atoms with Crippen LogP contribution in [-0.2, 0) is 11.2 Å². The van der Waals surface area contributed by atoms with Gasteiger partial charge >= 0.3 is 0 Å². The first-order valence-electron chi connectivity index (χ1n) is 6.50. The van der Waals surface area contributed by atoms with Crippen LogP contribution in [0, 0.1) is 17.2 Å². The number of methoxy groups -OCH3 is 2. The monoisotopic (exact) mass is 274 g/mol. The van der Waals surface area contributed by atoms with Crippen LogP contribution in [0.15, 0.2) is 12.1 Å². The van der Waals surface area contributed by atoms with E-state index in [4.69, 9.17) is 9.47 Å². The van der Waals surface area contributed by atoms with E-state index >= 15 is 0 Å². The van der Waals surface area contributed by atoms with Crippen molar-refractivity contribution in [1.82, 2.24) is 5.32 Å². The van der Waals surface area contributed by atoms with Gasteiger partial charge in [0.2, 0.25) is 0 Å². The molecule has 20 heavy (non-hydrogen) atoms. The molecule has 1 aliphatic heterocycles. The van der Waals surface area contributed by atoms with Gasteiger partial charge in [0, 0.05) is 0 Å². The predicted octanol–water partition coefficient (Wildman–Crippen LogP) is 1.62. The topological polar surface area (TPSA) is 71.3 Å². The molecule has 1 aliphatic rings. The first-order valence-corrected chi connectivity index (χ1v) is 6.50. The van der Waals surface area contributed by atoms with E-state index in [9.17, 15) is 10.1 Å². The van der Waals surface area contributed by atoms with Gasteiger partial charge in [-0.15, -0.1) is 0 Å². The average molecular weight is 274 g/mol. The molecule has 1 aromatic carbocycles. The number of ether oxygens (including phenoxy) is 2. The molecule has 1 N–H and O–H groups in total. The summed E-state index contributed by atoms with van der Waals surface area (Å²) in [4.78, 5) is 11.6. The number of nitrogens with zero attached hydrogens (tertiary/aromatic N) is 1. The number of hydrogen-bond donors (Lipinski definition) is 1. The second kappa shape index (κ2) is 5.93. The zero-order chi connectivity index (χ0) is 14.7. The minimum atomic E-state index is -0.688. The van der Waals surface area contributed by atoms with Gasteiger partial charge < -0.3 is 14.8 Å². The van der Waals surface area contributed by atoms with Crippen LogP contribution in [-0.4, -0.2) is 26.5 Å². The molecule has 0 spiro atoms. The molecule has 5 nitrogen and oxygen atoms in total. The maximum atomic E-state index is 11.6. The summed E-state index contributed by atoms with van der Waals surface area (Å²) < 4.78 is 10.6. The van der Waals surface area contributed by atoms with E-state index in [1.165, 1.54) is 6.92 Å². The summed E-state index contributed by atoms with van der Waals surface area (Å²) in [7, 11) is 3.17. The van der Waals surface area contributed by atoms with Crippen molar-refractivity contribution >= 4 is 5.78 Å². The van der Waals surface area contributed by atoms with Crippen molar-refractivity contribution in [1.29, 1.82) is 5.26 Å². The van der Waals surface area contributed by atoms with E-state index in [1.807, 2.05) is 12.1 Å². The van der Waals surface area contributed by atoms with Crippen LogP contribution >= 0.6 is 0 Å². The van der Waals surface area contributed by atoms with Crippen LogP contribution in [0.5, 0.6) is 11.5 Å². The Morgan fingerprint density at radius 1 is 1.40 bits per heavy atom. The Bertz CT molecular complexity index is 563. The lowest BCUT2D eigenvalue weighted by Gasteiger charge is -2.30. The highest BCUT2D eigenvalue weighted by Crippen LogP contribution is 2.37. The molecule has 0 fully saturated rings. The molecule has 1 heterocycles. The fourth-order valence-corrected chi connectivity index (χ4v) is 2.61. The number of nitriles is 1. The van der Waals surface area contributed by atoms with E-state index < -0.39 is 5.92 Å². The van der Waals surface area contributed by atoms with Crippen molar-refractivity contribution < 1.29 is 14.3 Å². The quantitative estimate of drug-likeness (QED) is 0.903. The summed E-state index contributed by atoms with van der Waals surface area (Å²) >= 11 is 0. The van der Waals surface area contributed by atoms with Crippen LogP contribution < -0.4 is 14.8 Å². The number of fused-ring (bicyclic) bond motifs is 1. The highest BCUT2D eigenvalue weighted by molar-refractivity contribution is 5.82. The van der Waals surface area contributed by atoms with Gasteiger partial charge in [0.05, 0.1) is 26.3 Å². The number of rotatable bonds is 4. The number of carbonyl (C=O) groups excluding carboxylic acids is 1. The SMILES string of the molecule is COc1cc2c(cc1OC)C(C(C#N)C(C)=O)NCC2. The summed E-state index contributed by atoms with van der Waals surface area (Å²) in [6.45, 7) is 2.18. The van der Waals surface area contributed by atoms with E-state index in [0.717, 1.165) is 24.1 Å². The molecule has 1 aromatic rings. The fraction of sp³-hybridized carbons (Fsp3) is 0.467. The Morgan fingerprint density at radius 2 is 2.05 bits per heavy atom. The van der Waals surface area contributed by atoms with Gasteiger partial charge in [-0.1, -0.05) is 0 Å². The molecule has 0 aromatic heterocycles. The molecule has 0 saturated carbocycles. The third-order valence-electron chi connectivity index (χ3n) is 3.65. The second-order valence-electron chi connectivity index (χ2n) is 4.81. The first-order chi connectivity index (χ1) is 9.62. The summed E-state index contributed by atoms with van der Waals surface area (Å²) in [6.07, 6.45) is 0.836. The van der Waals surface area contributed by atoms with Gasteiger partial charge in [-0.3, -0.25) is 4.79 Å². The zero-order valence-corrected chi connectivity index (χ0v) is 11.9. The van der Waals surface area contributed by atoms with E-state index in [1.54, 1.807) is 14.2 Å². The number of carbonyl (C=O) groups is 1. The lowest BCUT2D eigenvalue weighted by molar-refractivity contribution is -0.120. The molecule has 106 valence electrons. The van der Waals surface area contributed by atoms with Crippen LogP contribution in [0.4, 0.5) is 0 Å². The predicted molar refractivity (Wildman–Crippen MR) is 73.8 cm³/mol. The van der Waals surface area contributed by atoms with E-state index in [2.05, 4.69) is 11.4 Å². The van der Waals surface area contributed by atoms with Crippen molar-refractivity contribution in [3.63, 3.8) is 0 Å². The Balaban J connectivity index is 2.50. The minimum absolute atomic E-state index is 0.132. The molecule has 5 heteroatoms. The van der Waals surface area contributed by atoms with Gasteiger partial charge in [-0.25, -0.2) is 0 Å². The summed E-state index contributed by atoms with van der Waals surface area (Å²) in [5, 5.41) is 12.5. The normalized spacial score (nSPS) is 18.6. The molecular formula is C15H18N2O3. The number of benzene rings is 1. The standard InChI is InChI=1S/C15H18N2O3/c1-9(18)12(8-16)15-11-7-14(20-3)13(19-2)6-10(11)4-5-17-15/h6-7,12,15,17H,4-5H2,1-3H3. The van der Waals surface area contributed by atoms with Gasteiger partial charge in [0.1, 0.15) is 11.7 Å². The smallest absolute Gasteiger partial charge is 0.161 e. The molecular weight excluding hydrogens is 256 g/mol. The van der Waals surface area contributed by atoms with Crippen LogP contribution in [0.2, 0.25) is 0 Å². The van der Waals surface area contributed by atoms with Crippen molar-refractivity contribution in [2.75, 3.05) is 20.8 Å². The number of nitrogens with one attached hydrogen (secondary N) is 1. The summed E-state index contributed by atoms with van der Waals surface area (Å²) in [6, 6.07) is 5.59. The molecule has 0 aliphatic carbocycles. The third-order valence-corrected chi connectivity index (χ3v) is 3.65. The Hall–Kier alpha value is -2.06. The van der Waals surface area contributed by atoms with E-state index in [0.29, 0.717) is 11.5 Å². The Morgan fingerprint density at radius 3 is 2.60 bits per heavy atom. The average Bonchev–Trinajstić information content (AvgIpc) is 2.46.